The van der Waals surface area contributed by atoms with Crippen LogP contribution in [0, 0.1) is 0 Å². The number of amides is 1. The summed E-state index contributed by atoms with van der Waals surface area (Å²) >= 11 is 6.16. The van der Waals surface area contributed by atoms with Crippen LogP contribution in [0.3, 0.4) is 0 Å². The summed E-state index contributed by atoms with van der Waals surface area (Å²) in [5, 5.41) is 12.1. The van der Waals surface area contributed by atoms with Gasteiger partial charge in [0.15, 0.2) is 6.17 Å². The molecule has 0 radical (unpaired) electrons. The first kappa shape index (κ1) is 24.9. The van der Waals surface area contributed by atoms with Gasteiger partial charge in [-0.15, -0.1) is 0 Å². The Labute approximate surface area is 210 Å². The minimum atomic E-state index is -0.602. The van der Waals surface area contributed by atoms with Crippen molar-refractivity contribution in [3.63, 3.8) is 0 Å². The number of hydrogen-bond acceptors (Lipinski definition) is 7. The summed E-state index contributed by atoms with van der Waals surface area (Å²) in [6, 6.07) is 13.0. The molecule has 9 heteroatoms. The lowest BCUT2D eigenvalue weighted by atomic mass is 9.99. The van der Waals surface area contributed by atoms with E-state index in [0.29, 0.717) is 41.9 Å². The number of rotatable bonds is 8. The molecule has 0 saturated carbocycles. The first-order valence-electron chi connectivity index (χ1n) is 11.6. The zero-order chi connectivity index (χ0) is 24.9. The Morgan fingerprint density at radius 2 is 1.89 bits per heavy atom. The molecule has 0 aliphatic carbocycles. The number of ether oxygens (including phenoxy) is 3. The maximum Gasteiger partial charge on any atom is 0.260 e. The van der Waals surface area contributed by atoms with E-state index < -0.39 is 6.17 Å². The Morgan fingerprint density at radius 3 is 2.54 bits per heavy atom. The van der Waals surface area contributed by atoms with Gasteiger partial charge in [-0.2, -0.15) is 0 Å². The summed E-state index contributed by atoms with van der Waals surface area (Å²) in [6.45, 7) is 3.68. The molecular formula is C26H30ClN3O5. The number of carbonyl (C=O) groups excluding carboxylic acids is 1. The van der Waals surface area contributed by atoms with Crippen LogP contribution < -0.4 is 14.4 Å². The molecular weight excluding hydrogens is 470 g/mol. The van der Waals surface area contributed by atoms with E-state index in [1.54, 1.807) is 28.0 Å². The van der Waals surface area contributed by atoms with Crippen molar-refractivity contribution >= 4 is 29.4 Å². The summed E-state index contributed by atoms with van der Waals surface area (Å²) in [5.74, 6) is 0.622. The highest BCUT2D eigenvalue weighted by Crippen LogP contribution is 2.42. The van der Waals surface area contributed by atoms with Crippen molar-refractivity contribution in [2.75, 3.05) is 45.4 Å². The highest BCUT2D eigenvalue weighted by Gasteiger charge is 2.37. The second kappa shape index (κ2) is 11.0. The molecule has 1 amide bonds. The lowest BCUT2D eigenvalue weighted by Gasteiger charge is -2.35. The second-order valence-corrected chi connectivity index (χ2v) is 8.76. The first-order chi connectivity index (χ1) is 17.0. The Hall–Kier alpha value is -3.23. The summed E-state index contributed by atoms with van der Waals surface area (Å²) < 4.78 is 16.7. The van der Waals surface area contributed by atoms with Crippen LogP contribution >= 0.6 is 11.6 Å². The number of hydrogen-bond donors (Lipinski definition) is 1. The molecule has 4 rings (SSSR count). The Morgan fingerprint density at radius 1 is 1.17 bits per heavy atom. The predicted octanol–water partition coefficient (Wildman–Crippen LogP) is 4.40. The van der Waals surface area contributed by atoms with Crippen molar-refractivity contribution < 1.29 is 24.1 Å². The number of benzene rings is 2. The van der Waals surface area contributed by atoms with Gasteiger partial charge >= 0.3 is 0 Å². The van der Waals surface area contributed by atoms with Gasteiger partial charge in [0.2, 0.25) is 5.88 Å². The molecule has 0 aromatic heterocycles. The third-order valence-electron chi connectivity index (χ3n) is 6.28. The van der Waals surface area contributed by atoms with Crippen molar-refractivity contribution in [3.8, 4) is 11.5 Å². The van der Waals surface area contributed by atoms with E-state index in [4.69, 9.17) is 25.8 Å². The molecule has 2 aliphatic rings. The van der Waals surface area contributed by atoms with Crippen molar-refractivity contribution in [1.29, 1.82) is 0 Å². The van der Waals surface area contributed by atoms with Crippen molar-refractivity contribution in [2.24, 2.45) is 4.99 Å². The van der Waals surface area contributed by atoms with Crippen LogP contribution in [-0.4, -0.2) is 68.8 Å². The number of para-hydroxylation sites is 1. The Kier molecular flexibility index (Phi) is 7.83. The lowest BCUT2D eigenvalue weighted by Crippen LogP contribution is -2.43. The molecule has 0 bridgehead atoms. The van der Waals surface area contributed by atoms with E-state index >= 15 is 0 Å². The summed E-state index contributed by atoms with van der Waals surface area (Å²) in [6.07, 6.45) is 1.65. The monoisotopic (exact) mass is 499 g/mol. The third-order valence-corrected chi connectivity index (χ3v) is 6.52. The molecule has 2 atom stereocenters. The van der Waals surface area contributed by atoms with Gasteiger partial charge in [-0.1, -0.05) is 29.8 Å². The molecule has 1 saturated heterocycles. The molecule has 2 unspecified atom stereocenters. The number of halogens is 1. The summed E-state index contributed by atoms with van der Waals surface area (Å²) in [4.78, 5) is 21.4. The zero-order valence-electron chi connectivity index (χ0n) is 20.1. The van der Waals surface area contributed by atoms with Gasteiger partial charge in [0.05, 0.1) is 20.8 Å². The van der Waals surface area contributed by atoms with E-state index in [0.717, 1.165) is 12.0 Å². The van der Waals surface area contributed by atoms with Crippen molar-refractivity contribution in [2.45, 2.75) is 25.4 Å². The first-order valence-corrected chi connectivity index (χ1v) is 11.9. The number of nitrogens with zero attached hydrogens (tertiary/aromatic N) is 3. The molecule has 0 spiro atoms. The maximum atomic E-state index is 13.5. The molecule has 1 fully saturated rings. The number of carbonyl (C=O) groups is 1. The number of likely N-dealkylation sites (tertiary alicyclic amines) is 1. The number of aliphatic hydroxyl groups excluding tert-OH is 1. The Balaban J connectivity index is 1.66. The molecule has 8 nitrogen and oxygen atoms in total. The highest BCUT2D eigenvalue weighted by molar-refractivity contribution is 6.30. The minimum absolute atomic E-state index is 0.109. The number of methoxy groups -OCH3 is 2. The van der Waals surface area contributed by atoms with Gasteiger partial charge in [0.25, 0.3) is 5.91 Å². The normalized spacial score (nSPS) is 19.9. The standard InChI is InChI=1S/C26H30ClN3O5/c1-4-35-16-23-28-14-20(26(32)30(23)24-21(33-2)9-6-10-22(24)34-3)25(31)29-12-11-18(15-29)17-7-5-8-19(27)13-17/h5-10,13-14,18,23,32H,4,11-12,15-16H2,1-3H3. The van der Waals surface area contributed by atoms with Crippen LogP contribution in [0.2, 0.25) is 5.02 Å². The van der Waals surface area contributed by atoms with Gasteiger partial charge in [-0.25, -0.2) is 0 Å². The fourth-order valence-electron chi connectivity index (χ4n) is 4.52. The van der Waals surface area contributed by atoms with Crippen LogP contribution in [0.15, 0.2) is 58.9 Å². The predicted molar refractivity (Wildman–Crippen MR) is 136 cm³/mol. The highest BCUT2D eigenvalue weighted by atomic mass is 35.5. The van der Waals surface area contributed by atoms with E-state index in [9.17, 15) is 9.90 Å². The molecule has 35 heavy (non-hydrogen) atoms. The number of aliphatic imine (C=N–C) groups is 1. The topological polar surface area (TPSA) is 83.8 Å². The fraction of sp³-hybridized carbons (Fsp3) is 0.385. The average molecular weight is 500 g/mol. The van der Waals surface area contributed by atoms with Gasteiger partial charge in [-0.3, -0.25) is 14.7 Å². The minimum Gasteiger partial charge on any atom is -0.494 e. The molecule has 2 heterocycles. The average Bonchev–Trinajstić information content (AvgIpc) is 3.37. The lowest BCUT2D eigenvalue weighted by molar-refractivity contribution is -0.125. The van der Waals surface area contributed by atoms with Crippen LogP contribution in [0.1, 0.15) is 24.8 Å². The van der Waals surface area contributed by atoms with E-state index in [-0.39, 0.29) is 29.9 Å². The third kappa shape index (κ3) is 5.09. The van der Waals surface area contributed by atoms with Gasteiger partial charge in [0, 0.05) is 36.9 Å². The largest absolute Gasteiger partial charge is 0.494 e. The van der Waals surface area contributed by atoms with Gasteiger partial charge in [0.1, 0.15) is 22.8 Å². The second-order valence-electron chi connectivity index (χ2n) is 8.33. The molecule has 2 aliphatic heterocycles. The number of anilines is 1. The quantitative estimate of drug-likeness (QED) is 0.579. The molecule has 2 aromatic carbocycles. The van der Waals surface area contributed by atoms with Crippen LogP contribution in [0.5, 0.6) is 11.5 Å². The van der Waals surface area contributed by atoms with Crippen LogP contribution in [0.25, 0.3) is 0 Å². The van der Waals surface area contributed by atoms with E-state index in [2.05, 4.69) is 4.99 Å². The molecule has 2 aromatic rings. The van der Waals surface area contributed by atoms with Crippen molar-refractivity contribution in [1.82, 2.24) is 4.90 Å². The summed E-state index contributed by atoms with van der Waals surface area (Å²) in [5.41, 5.74) is 1.68. The number of aliphatic hydroxyl groups is 1. The van der Waals surface area contributed by atoms with Gasteiger partial charge < -0.3 is 24.2 Å². The van der Waals surface area contributed by atoms with Crippen LogP contribution in [-0.2, 0) is 9.53 Å². The van der Waals surface area contributed by atoms with E-state index in [1.807, 2.05) is 31.2 Å². The van der Waals surface area contributed by atoms with Crippen LogP contribution in [0.4, 0.5) is 5.69 Å². The van der Waals surface area contributed by atoms with Crippen molar-refractivity contribution in [3.05, 3.63) is 64.5 Å². The Bertz CT molecular complexity index is 1110. The maximum absolute atomic E-state index is 13.5. The van der Waals surface area contributed by atoms with E-state index in [1.165, 1.54) is 20.4 Å². The zero-order valence-corrected chi connectivity index (χ0v) is 20.9. The molecule has 1 N–H and O–H groups in total. The fourth-order valence-corrected chi connectivity index (χ4v) is 4.72. The SMILES string of the molecule is CCOCC1N=CC(C(=O)N2CCC(c3cccc(Cl)c3)C2)=C(O)N1c1c(OC)cccc1OC. The van der Waals surface area contributed by atoms with Gasteiger partial charge in [-0.05, 0) is 43.2 Å². The molecule has 186 valence electrons. The smallest absolute Gasteiger partial charge is 0.260 e. The summed E-state index contributed by atoms with van der Waals surface area (Å²) in [7, 11) is 3.08.